The van der Waals surface area contributed by atoms with Crippen molar-refractivity contribution in [2.24, 2.45) is 0 Å². The minimum atomic E-state index is -0.764. The van der Waals surface area contributed by atoms with Gasteiger partial charge < -0.3 is 15.0 Å². The van der Waals surface area contributed by atoms with Crippen LogP contribution in [0.2, 0.25) is 5.02 Å². The van der Waals surface area contributed by atoms with E-state index < -0.39 is 23.3 Å². The molecular formula is C14H14ClN3O4. The first-order valence-corrected chi connectivity index (χ1v) is 6.84. The Morgan fingerprint density at radius 3 is 2.86 bits per heavy atom. The van der Waals surface area contributed by atoms with E-state index in [0.29, 0.717) is 10.8 Å². The third-order valence-corrected chi connectivity index (χ3v) is 3.06. The second-order valence-corrected chi connectivity index (χ2v) is 4.97. The van der Waals surface area contributed by atoms with Gasteiger partial charge in [-0.15, -0.1) is 0 Å². The van der Waals surface area contributed by atoms with E-state index in [9.17, 15) is 14.4 Å². The summed E-state index contributed by atoms with van der Waals surface area (Å²) in [5, 5.41) is 3.06. The molecule has 0 saturated heterocycles. The van der Waals surface area contributed by atoms with E-state index in [-0.39, 0.29) is 12.1 Å². The number of nitrogens with one attached hydrogen (secondary N) is 3. The number of carbonyl (C=O) groups excluding carboxylic acids is 1. The number of halogens is 1. The fraction of sp³-hybridized carbons (Fsp3) is 0.214. The van der Waals surface area contributed by atoms with E-state index in [1.165, 1.54) is 6.20 Å². The zero-order chi connectivity index (χ0) is 16.1. The predicted octanol–water partition coefficient (Wildman–Crippen LogP) is 0.800. The van der Waals surface area contributed by atoms with Crippen LogP contribution in [0.3, 0.4) is 0 Å². The Kier molecular flexibility index (Phi) is 5.00. The zero-order valence-electron chi connectivity index (χ0n) is 11.7. The van der Waals surface area contributed by atoms with Crippen LogP contribution in [-0.4, -0.2) is 22.0 Å². The molecule has 116 valence electrons. The smallest absolute Gasteiger partial charge is 0.325 e. The first-order valence-electron chi connectivity index (χ1n) is 6.46. The maximum Gasteiger partial charge on any atom is 0.325 e. The van der Waals surface area contributed by atoms with Crippen LogP contribution >= 0.6 is 11.6 Å². The average molecular weight is 324 g/mol. The van der Waals surface area contributed by atoms with Gasteiger partial charge in [0.2, 0.25) is 0 Å². The second kappa shape index (κ2) is 6.95. The van der Waals surface area contributed by atoms with E-state index >= 15 is 0 Å². The minimum absolute atomic E-state index is 0.0197. The summed E-state index contributed by atoms with van der Waals surface area (Å²) in [6, 6.07) is 6.68. The Labute approximate surface area is 130 Å². The van der Waals surface area contributed by atoms with Crippen molar-refractivity contribution in [2.45, 2.75) is 19.6 Å². The molecule has 0 unspecified atom stereocenters. The first kappa shape index (κ1) is 15.8. The number of aromatic amines is 2. The summed E-state index contributed by atoms with van der Waals surface area (Å²) < 4.78 is 5.45. The van der Waals surface area contributed by atoms with Crippen LogP contribution in [0.15, 0.2) is 40.1 Å². The van der Waals surface area contributed by atoms with Crippen LogP contribution in [0.25, 0.3) is 0 Å². The molecule has 0 bridgehead atoms. The monoisotopic (exact) mass is 323 g/mol. The van der Waals surface area contributed by atoms with Gasteiger partial charge in [0.1, 0.15) is 5.75 Å². The molecule has 0 aliphatic heterocycles. The average Bonchev–Trinajstić information content (AvgIpc) is 2.46. The lowest BCUT2D eigenvalue weighted by molar-refractivity contribution is -0.127. The van der Waals surface area contributed by atoms with Crippen molar-refractivity contribution >= 4 is 17.5 Å². The van der Waals surface area contributed by atoms with Crippen LogP contribution in [0.5, 0.6) is 5.75 Å². The van der Waals surface area contributed by atoms with Crippen molar-refractivity contribution in [1.82, 2.24) is 15.3 Å². The van der Waals surface area contributed by atoms with Gasteiger partial charge >= 0.3 is 5.69 Å². The Balaban J connectivity index is 1.94. The number of H-pyrrole nitrogens is 2. The number of ether oxygens (including phenoxy) is 1. The third kappa shape index (κ3) is 4.23. The summed E-state index contributed by atoms with van der Waals surface area (Å²) in [6.45, 7) is 1.56. The van der Waals surface area contributed by atoms with Crippen molar-refractivity contribution in [1.29, 1.82) is 0 Å². The molecule has 0 aliphatic carbocycles. The van der Waals surface area contributed by atoms with Crippen molar-refractivity contribution in [3.8, 4) is 5.75 Å². The van der Waals surface area contributed by atoms with Crippen LogP contribution in [-0.2, 0) is 11.3 Å². The molecular weight excluding hydrogens is 310 g/mol. The maximum absolute atomic E-state index is 11.9. The highest BCUT2D eigenvalue weighted by atomic mass is 35.5. The standard InChI is InChI=1S/C14H14ClN3O4/c1-8(22-11-4-2-3-10(15)5-11)12(19)16-6-9-7-17-14(21)18-13(9)20/h2-5,7-8H,6H2,1H3,(H,16,19)(H2,17,18,20,21)/t8-/m1/s1. The molecule has 2 rings (SSSR count). The molecule has 3 N–H and O–H groups in total. The lowest BCUT2D eigenvalue weighted by Gasteiger charge is -2.14. The Bertz CT molecular complexity index is 784. The largest absolute Gasteiger partial charge is 0.481 e. The van der Waals surface area contributed by atoms with Crippen molar-refractivity contribution < 1.29 is 9.53 Å². The summed E-state index contributed by atoms with van der Waals surface area (Å²) in [6.07, 6.45) is 0.490. The van der Waals surface area contributed by atoms with Gasteiger partial charge in [0.15, 0.2) is 6.10 Å². The lowest BCUT2D eigenvalue weighted by atomic mass is 10.3. The minimum Gasteiger partial charge on any atom is -0.481 e. The molecule has 0 saturated carbocycles. The Morgan fingerprint density at radius 2 is 2.18 bits per heavy atom. The van der Waals surface area contributed by atoms with Crippen LogP contribution in [0, 0.1) is 0 Å². The van der Waals surface area contributed by atoms with Gasteiger partial charge in [-0.2, -0.15) is 0 Å². The lowest BCUT2D eigenvalue weighted by Crippen LogP contribution is -2.37. The molecule has 0 spiro atoms. The summed E-state index contributed by atoms with van der Waals surface area (Å²) in [5.41, 5.74) is -0.909. The molecule has 8 heteroatoms. The normalized spacial score (nSPS) is 11.7. The van der Waals surface area contributed by atoms with Crippen molar-refractivity contribution in [3.63, 3.8) is 0 Å². The number of hydrogen-bond acceptors (Lipinski definition) is 4. The quantitative estimate of drug-likeness (QED) is 0.757. The number of aromatic nitrogens is 2. The van der Waals surface area contributed by atoms with E-state index in [4.69, 9.17) is 16.3 Å². The van der Waals surface area contributed by atoms with Gasteiger partial charge in [-0.3, -0.25) is 14.6 Å². The maximum atomic E-state index is 11.9. The molecule has 2 aromatic rings. The SMILES string of the molecule is C[C@@H](Oc1cccc(Cl)c1)C(=O)NCc1c[nH]c(=O)[nH]c1=O. The molecule has 7 nitrogen and oxygen atoms in total. The molecule has 1 aromatic carbocycles. The van der Waals surface area contributed by atoms with E-state index in [2.05, 4.69) is 15.3 Å². The van der Waals surface area contributed by atoms with Gasteiger partial charge in [-0.1, -0.05) is 17.7 Å². The van der Waals surface area contributed by atoms with Gasteiger partial charge in [-0.25, -0.2) is 4.79 Å². The van der Waals surface area contributed by atoms with Gasteiger partial charge in [-0.05, 0) is 25.1 Å². The molecule has 1 aromatic heterocycles. The molecule has 0 fully saturated rings. The second-order valence-electron chi connectivity index (χ2n) is 4.53. The van der Waals surface area contributed by atoms with E-state index in [0.717, 1.165) is 0 Å². The highest BCUT2D eigenvalue weighted by molar-refractivity contribution is 6.30. The fourth-order valence-corrected chi connectivity index (χ4v) is 1.87. The highest BCUT2D eigenvalue weighted by Gasteiger charge is 2.15. The van der Waals surface area contributed by atoms with E-state index in [1.54, 1.807) is 31.2 Å². The molecule has 22 heavy (non-hydrogen) atoms. The molecule has 1 atom stereocenters. The highest BCUT2D eigenvalue weighted by Crippen LogP contribution is 2.18. The first-order chi connectivity index (χ1) is 10.5. The van der Waals surface area contributed by atoms with Gasteiger partial charge in [0.25, 0.3) is 11.5 Å². The molecule has 0 aliphatic rings. The zero-order valence-corrected chi connectivity index (χ0v) is 12.4. The number of carbonyl (C=O) groups is 1. The van der Waals surface area contributed by atoms with Gasteiger partial charge in [0.05, 0.1) is 5.56 Å². The van der Waals surface area contributed by atoms with Crippen molar-refractivity contribution in [3.05, 3.63) is 61.9 Å². The molecule has 0 radical (unpaired) electrons. The summed E-state index contributed by atoms with van der Waals surface area (Å²) in [5.74, 6) is 0.0719. The number of rotatable bonds is 5. The summed E-state index contributed by atoms with van der Waals surface area (Å²) >= 11 is 5.83. The number of hydrogen-bond donors (Lipinski definition) is 3. The number of benzene rings is 1. The Morgan fingerprint density at radius 1 is 1.41 bits per heavy atom. The predicted molar refractivity (Wildman–Crippen MR) is 81.1 cm³/mol. The van der Waals surface area contributed by atoms with E-state index in [1.807, 2.05) is 0 Å². The molecule has 1 amide bonds. The topological polar surface area (TPSA) is 104 Å². The van der Waals surface area contributed by atoms with Gasteiger partial charge in [0, 0.05) is 17.8 Å². The third-order valence-electron chi connectivity index (χ3n) is 2.83. The van der Waals surface area contributed by atoms with Crippen LogP contribution in [0.4, 0.5) is 0 Å². The van der Waals surface area contributed by atoms with Crippen LogP contribution in [0.1, 0.15) is 12.5 Å². The Hall–Kier alpha value is -2.54. The fourth-order valence-electron chi connectivity index (χ4n) is 1.69. The number of amides is 1. The summed E-state index contributed by atoms with van der Waals surface area (Å²) in [4.78, 5) is 38.7. The summed E-state index contributed by atoms with van der Waals surface area (Å²) in [7, 11) is 0. The van der Waals surface area contributed by atoms with Crippen molar-refractivity contribution in [2.75, 3.05) is 0 Å². The molecule has 1 heterocycles. The van der Waals surface area contributed by atoms with Crippen LogP contribution < -0.4 is 21.3 Å².